The zero-order valence-corrected chi connectivity index (χ0v) is 8.67. The molecule has 1 fully saturated rings. The van der Waals surface area contributed by atoms with E-state index in [0.717, 1.165) is 0 Å². The van der Waals surface area contributed by atoms with Crippen LogP contribution < -0.4 is 10.6 Å². The monoisotopic (exact) mass is 199 g/mol. The van der Waals surface area contributed by atoms with E-state index >= 15 is 0 Å². The number of hydrogen-bond acceptors (Lipinski definition) is 2. The first-order chi connectivity index (χ1) is 6.67. The zero-order valence-electron chi connectivity index (χ0n) is 8.67. The van der Waals surface area contributed by atoms with Gasteiger partial charge in [-0.2, -0.15) is 0 Å². The van der Waals surface area contributed by atoms with Crippen LogP contribution in [0.4, 0.5) is 4.79 Å². The number of nitrogens with one attached hydrogen (secondary N) is 2. The Labute approximate surface area is 83.8 Å². The fourth-order valence-electron chi connectivity index (χ4n) is 1.57. The van der Waals surface area contributed by atoms with Gasteiger partial charge in [-0.3, -0.25) is 4.79 Å². The predicted octanol–water partition coefficient (Wildman–Crippen LogP) is -0.0737. The molecule has 1 heterocycles. The van der Waals surface area contributed by atoms with Gasteiger partial charge in [0.2, 0.25) is 5.91 Å². The fourth-order valence-corrected chi connectivity index (χ4v) is 1.57. The number of hydrogen-bond donors (Lipinski definition) is 2. The van der Waals surface area contributed by atoms with Crippen LogP contribution in [-0.2, 0) is 4.79 Å². The topological polar surface area (TPSA) is 61.4 Å². The molecule has 1 rings (SSSR count). The molecule has 0 saturated carbocycles. The minimum absolute atomic E-state index is 0.0333. The van der Waals surface area contributed by atoms with Crippen molar-refractivity contribution in [2.75, 3.05) is 19.6 Å². The highest BCUT2D eigenvalue weighted by atomic mass is 16.2. The Morgan fingerprint density at radius 1 is 1.57 bits per heavy atom. The van der Waals surface area contributed by atoms with Crippen molar-refractivity contribution in [2.45, 2.75) is 26.3 Å². The average Bonchev–Trinajstić information content (AvgIpc) is 2.46. The molecule has 0 aromatic carbocycles. The number of carbonyl (C=O) groups excluding carboxylic acids is 2. The van der Waals surface area contributed by atoms with E-state index in [0.29, 0.717) is 26.1 Å². The van der Waals surface area contributed by atoms with E-state index in [9.17, 15) is 9.59 Å². The number of likely N-dealkylation sites (tertiary alicyclic amines) is 1. The minimum atomic E-state index is -0.191. The molecule has 0 radical (unpaired) electrons. The van der Waals surface area contributed by atoms with Crippen LogP contribution in [0, 0.1) is 0 Å². The lowest BCUT2D eigenvalue weighted by atomic mass is 10.3. The van der Waals surface area contributed by atoms with Crippen LogP contribution in [0.1, 0.15) is 20.3 Å². The first kappa shape index (κ1) is 10.8. The summed E-state index contributed by atoms with van der Waals surface area (Å²) in [6.45, 7) is 5.74. The molecule has 1 saturated heterocycles. The van der Waals surface area contributed by atoms with Crippen molar-refractivity contribution in [2.24, 2.45) is 0 Å². The molecule has 1 unspecified atom stereocenters. The number of nitrogens with zero attached hydrogens (tertiary/aromatic N) is 1. The second-order valence-electron chi connectivity index (χ2n) is 3.34. The Morgan fingerprint density at radius 3 is 2.79 bits per heavy atom. The van der Waals surface area contributed by atoms with Gasteiger partial charge in [-0.25, -0.2) is 4.79 Å². The molecular weight excluding hydrogens is 182 g/mol. The first-order valence-electron chi connectivity index (χ1n) is 4.99. The van der Waals surface area contributed by atoms with E-state index in [1.54, 1.807) is 4.90 Å². The summed E-state index contributed by atoms with van der Waals surface area (Å²) in [6, 6.07) is -0.225. The van der Waals surface area contributed by atoms with Crippen LogP contribution >= 0.6 is 0 Å². The van der Waals surface area contributed by atoms with Crippen LogP contribution in [0.5, 0.6) is 0 Å². The van der Waals surface area contributed by atoms with Crippen molar-refractivity contribution in [1.29, 1.82) is 0 Å². The van der Waals surface area contributed by atoms with E-state index in [1.807, 2.05) is 13.8 Å². The molecule has 14 heavy (non-hydrogen) atoms. The van der Waals surface area contributed by atoms with E-state index in [1.165, 1.54) is 0 Å². The maximum atomic E-state index is 11.3. The summed E-state index contributed by atoms with van der Waals surface area (Å²) in [4.78, 5) is 24.2. The molecule has 3 amide bonds. The molecule has 80 valence electrons. The van der Waals surface area contributed by atoms with E-state index < -0.39 is 0 Å². The van der Waals surface area contributed by atoms with Crippen molar-refractivity contribution < 1.29 is 9.59 Å². The van der Waals surface area contributed by atoms with Crippen LogP contribution in [0.15, 0.2) is 0 Å². The number of rotatable bonds is 3. The largest absolute Gasteiger partial charge is 0.341 e. The molecule has 1 aliphatic rings. The van der Waals surface area contributed by atoms with Crippen molar-refractivity contribution >= 4 is 11.9 Å². The van der Waals surface area contributed by atoms with Gasteiger partial charge < -0.3 is 15.5 Å². The van der Waals surface area contributed by atoms with Gasteiger partial charge in [-0.15, -0.1) is 0 Å². The van der Waals surface area contributed by atoms with Crippen molar-refractivity contribution in [3.8, 4) is 0 Å². The van der Waals surface area contributed by atoms with Gasteiger partial charge in [0.15, 0.2) is 0 Å². The Bertz CT molecular complexity index is 230. The Kier molecular flexibility index (Phi) is 3.73. The molecule has 2 N–H and O–H groups in total. The molecular formula is C9H17N3O2. The molecule has 0 spiro atoms. The van der Waals surface area contributed by atoms with Crippen LogP contribution in [0.25, 0.3) is 0 Å². The summed E-state index contributed by atoms with van der Waals surface area (Å²) in [5, 5.41) is 5.40. The minimum Gasteiger partial charge on any atom is -0.341 e. The summed E-state index contributed by atoms with van der Waals surface area (Å²) >= 11 is 0. The number of carbonyl (C=O) groups is 2. The Hall–Kier alpha value is -1.26. The summed E-state index contributed by atoms with van der Waals surface area (Å²) in [5.41, 5.74) is 0. The maximum absolute atomic E-state index is 11.3. The molecule has 0 aliphatic carbocycles. The third kappa shape index (κ3) is 2.61. The summed E-state index contributed by atoms with van der Waals surface area (Å²) in [5.74, 6) is 0.120. The molecule has 0 aromatic heterocycles. The van der Waals surface area contributed by atoms with Gasteiger partial charge in [-0.1, -0.05) is 0 Å². The molecule has 1 atom stereocenters. The third-order valence-corrected chi connectivity index (χ3v) is 2.27. The van der Waals surface area contributed by atoms with E-state index in [-0.39, 0.29) is 18.0 Å². The van der Waals surface area contributed by atoms with Gasteiger partial charge in [0.25, 0.3) is 0 Å². The summed E-state index contributed by atoms with van der Waals surface area (Å²) < 4.78 is 0. The normalized spacial score (nSPS) is 21.1. The van der Waals surface area contributed by atoms with Gasteiger partial charge in [0.05, 0.1) is 6.04 Å². The Morgan fingerprint density at radius 2 is 2.29 bits per heavy atom. The van der Waals surface area contributed by atoms with Gasteiger partial charge in [0, 0.05) is 26.1 Å². The highest BCUT2D eigenvalue weighted by Crippen LogP contribution is 2.09. The standard InChI is InChI=1S/C9H17N3O2/c1-3-10-9(14)11-7-5-8(13)12(4-2)6-7/h7H,3-6H2,1-2H3,(H2,10,11,14). The lowest BCUT2D eigenvalue weighted by Crippen LogP contribution is -2.43. The first-order valence-corrected chi connectivity index (χ1v) is 4.99. The second kappa shape index (κ2) is 4.83. The smallest absolute Gasteiger partial charge is 0.315 e. The van der Waals surface area contributed by atoms with Crippen LogP contribution in [-0.4, -0.2) is 42.5 Å². The quantitative estimate of drug-likeness (QED) is 0.668. The maximum Gasteiger partial charge on any atom is 0.315 e. The zero-order chi connectivity index (χ0) is 10.6. The van der Waals surface area contributed by atoms with Crippen LogP contribution in [0.2, 0.25) is 0 Å². The van der Waals surface area contributed by atoms with Crippen molar-refractivity contribution in [1.82, 2.24) is 15.5 Å². The van der Waals surface area contributed by atoms with Crippen molar-refractivity contribution in [3.05, 3.63) is 0 Å². The lowest BCUT2D eigenvalue weighted by Gasteiger charge is -2.14. The molecule has 5 heteroatoms. The highest BCUT2D eigenvalue weighted by molar-refractivity contribution is 5.81. The summed E-state index contributed by atoms with van der Waals surface area (Å²) in [6.07, 6.45) is 0.422. The molecule has 5 nitrogen and oxygen atoms in total. The number of amides is 3. The molecule has 1 aliphatic heterocycles. The van der Waals surface area contributed by atoms with Gasteiger partial charge in [0.1, 0.15) is 0 Å². The van der Waals surface area contributed by atoms with Gasteiger partial charge >= 0.3 is 6.03 Å². The van der Waals surface area contributed by atoms with E-state index in [2.05, 4.69) is 10.6 Å². The van der Waals surface area contributed by atoms with Crippen molar-refractivity contribution in [3.63, 3.8) is 0 Å². The predicted molar refractivity (Wildman–Crippen MR) is 52.9 cm³/mol. The SMILES string of the molecule is CCNC(=O)NC1CC(=O)N(CC)C1. The second-order valence-corrected chi connectivity index (χ2v) is 3.34. The fraction of sp³-hybridized carbons (Fsp3) is 0.778. The van der Waals surface area contributed by atoms with Crippen LogP contribution in [0.3, 0.4) is 0 Å². The van der Waals surface area contributed by atoms with E-state index in [4.69, 9.17) is 0 Å². The molecule has 0 bridgehead atoms. The third-order valence-electron chi connectivity index (χ3n) is 2.27. The Balaban J connectivity index is 2.34. The number of likely N-dealkylation sites (N-methyl/N-ethyl adjacent to an activating group) is 1. The molecule has 0 aromatic rings. The lowest BCUT2D eigenvalue weighted by molar-refractivity contribution is -0.127. The van der Waals surface area contributed by atoms with Gasteiger partial charge in [-0.05, 0) is 13.8 Å². The summed E-state index contributed by atoms with van der Waals surface area (Å²) in [7, 11) is 0. The average molecular weight is 199 g/mol. The highest BCUT2D eigenvalue weighted by Gasteiger charge is 2.28. The number of urea groups is 1.